The minimum absolute atomic E-state index is 0.254. The first-order valence-corrected chi connectivity index (χ1v) is 6.51. The highest BCUT2D eigenvalue weighted by Crippen LogP contribution is 2.75. The first-order chi connectivity index (χ1) is 7.16. The fraction of sp³-hybridized carbons (Fsp3) is 0.857. The third-order valence-corrected chi connectivity index (χ3v) is 6.07. The van der Waals surface area contributed by atoms with E-state index in [1.165, 1.54) is 19.3 Å². The lowest BCUT2D eigenvalue weighted by atomic mass is 9.48. The minimum atomic E-state index is -0.254. The van der Waals surface area contributed by atoms with Crippen LogP contribution in [0.5, 0.6) is 0 Å². The Kier molecular flexibility index (Phi) is 1.38. The van der Waals surface area contributed by atoms with Crippen molar-refractivity contribution in [3.8, 4) is 0 Å². The molecule has 5 aliphatic rings. The second-order valence-electron chi connectivity index (χ2n) is 6.73. The van der Waals surface area contributed by atoms with Crippen molar-refractivity contribution >= 4 is 0 Å². The maximum absolute atomic E-state index is 10.5. The quantitative estimate of drug-likeness (QED) is 0.651. The summed E-state index contributed by atoms with van der Waals surface area (Å²) in [7, 11) is 0. The number of hydrogen-bond acceptors (Lipinski definition) is 1. The number of rotatable bonds is 1. The summed E-state index contributed by atoms with van der Waals surface area (Å²) in [5.74, 6) is 3.30. The van der Waals surface area contributed by atoms with Crippen LogP contribution in [-0.4, -0.2) is 10.7 Å². The van der Waals surface area contributed by atoms with Crippen LogP contribution in [-0.2, 0) is 0 Å². The SMILES string of the molecule is C=CC1CC12C1CC3CC2CC(O)(C3)C1. The van der Waals surface area contributed by atoms with Gasteiger partial charge in [0.2, 0.25) is 0 Å². The summed E-state index contributed by atoms with van der Waals surface area (Å²) in [6, 6.07) is 0. The summed E-state index contributed by atoms with van der Waals surface area (Å²) < 4.78 is 0. The zero-order chi connectivity index (χ0) is 10.3. The molecular weight excluding hydrogens is 184 g/mol. The molecule has 0 heterocycles. The number of aliphatic hydroxyl groups is 1. The molecule has 0 aliphatic heterocycles. The van der Waals surface area contributed by atoms with Gasteiger partial charge in [-0.2, -0.15) is 0 Å². The fourth-order valence-corrected chi connectivity index (χ4v) is 5.65. The molecule has 1 heteroatoms. The van der Waals surface area contributed by atoms with Crippen molar-refractivity contribution in [2.24, 2.45) is 29.1 Å². The second-order valence-corrected chi connectivity index (χ2v) is 6.73. The van der Waals surface area contributed by atoms with Gasteiger partial charge in [-0.15, -0.1) is 6.58 Å². The van der Waals surface area contributed by atoms with E-state index in [9.17, 15) is 5.11 Å². The number of allylic oxidation sites excluding steroid dienone is 1. The predicted octanol–water partition coefficient (Wildman–Crippen LogP) is 2.75. The minimum Gasteiger partial charge on any atom is -0.390 e. The van der Waals surface area contributed by atoms with Gasteiger partial charge >= 0.3 is 0 Å². The van der Waals surface area contributed by atoms with Crippen LogP contribution in [0.25, 0.3) is 0 Å². The van der Waals surface area contributed by atoms with Gasteiger partial charge in [0.1, 0.15) is 0 Å². The third-order valence-electron chi connectivity index (χ3n) is 6.07. The standard InChI is InChI=1S/C14H20O/c1-2-10-8-14(10)11-3-9-4-12(14)7-13(15,5-9)6-11/h2,9-12,15H,1,3-8H2. The molecular formula is C14H20O. The van der Waals surface area contributed by atoms with E-state index in [0.717, 1.165) is 42.9 Å². The lowest BCUT2D eigenvalue weighted by molar-refractivity contribution is -0.163. The maximum Gasteiger partial charge on any atom is 0.0656 e. The van der Waals surface area contributed by atoms with E-state index < -0.39 is 0 Å². The Labute approximate surface area is 91.6 Å². The summed E-state index contributed by atoms with van der Waals surface area (Å²) in [5.41, 5.74) is 0.362. The average molecular weight is 204 g/mol. The molecule has 5 fully saturated rings. The van der Waals surface area contributed by atoms with Crippen molar-refractivity contribution in [1.29, 1.82) is 0 Å². The third kappa shape index (κ3) is 0.898. The molecule has 4 bridgehead atoms. The average Bonchev–Trinajstić information content (AvgIpc) is 2.87. The van der Waals surface area contributed by atoms with Crippen LogP contribution in [0, 0.1) is 29.1 Å². The molecule has 0 amide bonds. The van der Waals surface area contributed by atoms with Gasteiger partial charge in [-0.25, -0.2) is 0 Å². The Hall–Kier alpha value is -0.300. The van der Waals surface area contributed by atoms with E-state index in [-0.39, 0.29) is 5.60 Å². The molecule has 5 aliphatic carbocycles. The summed E-state index contributed by atoms with van der Waals surface area (Å²) in [6.07, 6.45) is 9.69. The molecule has 3 unspecified atom stereocenters. The summed E-state index contributed by atoms with van der Waals surface area (Å²) in [4.78, 5) is 0. The van der Waals surface area contributed by atoms with E-state index >= 15 is 0 Å². The molecule has 1 spiro atoms. The second kappa shape index (κ2) is 2.34. The highest BCUT2D eigenvalue weighted by molar-refractivity contribution is 5.23. The molecule has 0 aromatic carbocycles. The topological polar surface area (TPSA) is 20.2 Å². The van der Waals surface area contributed by atoms with Gasteiger partial charge in [-0.05, 0) is 67.6 Å². The van der Waals surface area contributed by atoms with Crippen LogP contribution in [0.15, 0.2) is 12.7 Å². The fourth-order valence-electron chi connectivity index (χ4n) is 5.65. The molecule has 5 rings (SSSR count). The van der Waals surface area contributed by atoms with Crippen LogP contribution in [0.2, 0.25) is 0 Å². The molecule has 0 aromatic heterocycles. The van der Waals surface area contributed by atoms with E-state index in [2.05, 4.69) is 12.7 Å². The lowest BCUT2D eigenvalue weighted by Gasteiger charge is -2.59. The molecule has 1 nitrogen and oxygen atoms in total. The van der Waals surface area contributed by atoms with Crippen LogP contribution in [0.4, 0.5) is 0 Å². The first kappa shape index (κ1) is 8.81. The van der Waals surface area contributed by atoms with Crippen molar-refractivity contribution < 1.29 is 5.11 Å². The largest absolute Gasteiger partial charge is 0.390 e. The highest BCUT2D eigenvalue weighted by Gasteiger charge is 2.70. The molecule has 3 atom stereocenters. The van der Waals surface area contributed by atoms with Gasteiger partial charge in [0.15, 0.2) is 0 Å². The molecule has 0 saturated heterocycles. The molecule has 1 N–H and O–H groups in total. The van der Waals surface area contributed by atoms with Gasteiger partial charge in [0, 0.05) is 0 Å². The van der Waals surface area contributed by atoms with E-state index in [1.807, 2.05) is 0 Å². The van der Waals surface area contributed by atoms with E-state index in [0.29, 0.717) is 5.41 Å². The van der Waals surface area contributed by atoms with Gasteiger partial charge < -0.3 is 5.11 Å². The summed E-state index contributed by atoms with van der Waals surface area (Å²) in [5, 5.41) is 10.5. The van der Waals surface area contributed by atoms with Gasteiger partial charge in [-0.1, -0.05) is 6.08 Å². The predicted molar refractivity (Wildman–Crippen MR) is 59.2 cm³/mol. The monoisotopic (exact) mass is 204 g/mol. The van der Waals surface area contributed by atoms with Crippen molar-refractivity contribution in [3.63, 3.8) is 0 Å². The zero-order valence-corrected chi connectivity index (χ0v) is 9.28. The van der Waals surface area contributed by atoms with Crippen LogP contribution >= 0.6 is 0 Å². The van der Waals surface area contributed by atoms with Crippen molar-refractivity contribution in [1.82, 2.24) is 0 Å². The van der Waals surface area contributed by atoms with Gasteiger partial charge in [-0.3, -0.25) is 0 Å². The summed E-state index contributed by atoms with van der Waals surface area (Å²) >= 11 is 0. The van der Waals surface area contributed by atoms with Crippen LogP contribution < -0.4 is 0 Å². The van der Waals surface area contributed by atoms with Crippen LogP contribution in [0.1, 0.15) is 38.5 Å². The maximum atomic E-state index is 10.5. The Balaban J connectivity index is 1.74. The smallest absolute Gasteiger partial charge is 0.0656 e. The lowest BCUT2D eigenvalue weighted by Crippen LogP contribution is -2.56. The van der Waals surface area contributed by atoms with Crippen LogP contribution in [0.3, 0.4) is 0 Å². The first-order valence-electron chi connectivity index (χ1n) is 6.51. The molecule has 15 heavy (non-hydrogen) atoms. The molecule has 5 saturated carbocycles. The number of hydrogen-bond donors (Lipinski definition) is 1. The summed E-state index contributed by atoms with van der Waals surface area (Å²) in [6.45, 7) is 3.98. The van der Waals surface area contributed by atoms with Gasteiger partial charge in [0.25, 0.3) is 0 Å². The molecule has 0 radical (unpaired) electrons. The van der Waals surface area contributed by atoms with E-state index in [1.54, 1.807) is 0 Å². The molecule has 0 aromatic rings. The van der Waals surface area contributed by atoms with Crippen molar-refractivity contribution in [3.05, 3.63) is 12.7 Å². The normalized spacial score (nSPS) is 64.9. The Morgan fingerprint density at radius 3 is 2.20 bits per heavy atom. The van der Waals surface area contributed by atoms with E-state index in [4.69, 9.17) is 0 Å². The Morgan fingerprint density at radius 1 is 1.07 bits per heavy atom. The Bertz CT molecular complexity index is 316. The zero-order valence-electron chi connectivity index (χ0n) is 9.28. The Morgan fingerprint density at radius 2 is 1.73 bits per heavy atom. The molecule has 82 valence electrons. The van der Waals surface area contributed by atoms with Crippen molar-refractivity contribution in [2.45, 2.75) is 44.1 Å². The highest BCUT2D eigenvalue weighted by atomic mass is 16.3. The van der Waals surface area contributed by atoms with Gasteiger partial charge in [0.05, 0.1) is 5.60 Å². The van der Waals surface area contributed by atoms with Crippen molar-refractivity contribution in [2.75, 3.05) is 0 Å².